The van der Waals surface area contributed by atoms with Gasteiger partial charge in [0.25, 0.3) is 0 Å². The van der Waals surface area contributed by atoms with E-state index in [0.29, 0.717) is 16.3 Å². The molecule has 2 rings (SSSR count). The molecule has 118 valence electrons. The fraction of sp³-hybridized carbons (Fsp3) is 0.250. The molecule has 0 radical (unpaired) electrons. The lowest BCUT2D eigenvalue weighted by atomic mass is 10.1. The van der Waals surface area contributed by atoms with Crippen LogP contribution in [-0.4, -0.2) is 15.5 Å². The van der Waals surface area contributed by atoms with Crippen molar-refractivity contribution >= 4 is 21.6 Å². The Kier molecular flexibility index (Phi) is 5.45. The molecule has 0 spiro atoms. The molecule has 4 nitrogen and oxygen atoms in total. The Labute approximate surface area is 136 Å². The topological polar surface area (TPSA) is 55.4 Å². The first kappa shape index (κ1) is 16.8. The van der Waals surface area contributed by atoms with E-state index in [2.05, 4.69) is 4.72 Å². The molecule has 22 heavy (non-hydrogen) atoms. The fourth-order valence-electron chi connectivity index (χ4n) is 2.01. The second-order valence-electron chi connectivity index (χ2n) is 4.96. The minimum atomic E-state index is -3.43. The third-order valence-corrected chi connectivity index (χ3v) is 4.98. The number of hydrogen-bond donors (Lipinski definition) is 1. The van der Waals surface area contributed by atoms with Crippen molar-refractivity contribution in [1.82, 2.24) is 4.72 Å². The molecule has 0 aliphatic heterocycles. The van der Waals surface area contributed by atoms with E-state index in [9.17, 15) is 8.42 Å². The van der Waals surface area contributed by atoms with Crippen LogP contribution in [0.5, 0.6) is 5.75 Å². The van der Waals surface area contributed by atoms with Gasteiger partial charge >= 0.3 is 0 Å². The normalized spacial score (nSPS) is 11.4. The molecule has 2 aromatic carbocycles. The van der Waals surface area contributed by atoms with Gasteiger partial charge in [0, 0.05) is 11.6 Å². The molecule has 1 N–H and O–H groups in total. The molecule has 0 fully saturated rings. The van der Waals surface area contributed by atoms with E-state index in [-0.39, 0.29) is 12.3 Å². The molecule has 6 heteroatoms. The summed E-state index contributed by atoms with van der Waals surface area (Å²) < 4.78 is 32.0. The highest BCUT2D eigenvalue weighted by atomic mass is 35.5. The van der Waals surface area contributed by atoms with Gasteiger partial charge in [0.15, 0.2) is 0 Å². The van der Waals surface area contributed by atoms with Crippen LogP contribution in [0.1, 0.15) is 16.7 Å². The lowest BCUT2D eigenvalue weighted by Gasteiger charge is -2.10. The van der Waals surface area contributed by atoms with Crippen molar-refractivity contribution in [3.8, 4) is 5.75 Å². The summed E-state index contributed by atoms with van der Waals surface area (Å²) in [5.74, 6) is 0.587. The quantitative estimate of drug-likeness (QED) is 0.878. The number of ether oxygens (including phenoxy) is 1. The maximum atomic E-state index is 12.2. The van der Waals surface area contributed by atoms with Crippen molar-refractivity contribution in [2.75, 3.05) is 7.11 Å². The Morgan fingerprint density at radius 1 is 1.14 bits per heavy atom. The van der Waals surface area contributed by atoms with Gasteiger partial charge in [-0.05, 0) is 35.7 Å². The summed E-state index contributed by atoms with van der Waals surface area (Å²) in [5, 5.41) is 0.470. The average Bonchev–Trinajstić information content (AvgIpc) is 2.48. The van der Waals surface area contributed by atoms with Crippen LogP contribution < -0.4 is 9.46 Å². The molecule has 2 aromatic rings. The minimum absolute atomic E-state index is 0.0482. The molecule has 0 bridgehead atoms. The lowest BCUT2D eigenvalue weighted by Crippen LogP contribution is -2.25. The van der Waals surface area contributed by atoms with E-state index in [1.807, 2.05) is 31.2 Å². The van der Waals surface area contributed by atoms with Crippen LogP contribution in [0.2, 0.25) is 5.02 Å². The number of rotatable bonds is 6. The van der Waals surface area contributed by atoms with Gasteiger partial charge in [-0.15, -0.1) is 0 Å². The predicted molar refractivity (Wildman–Crippen MR) is 88.6 cm³/mol. The molecule has 0 saturated heterocycles. The molecule has 0 aliphatic rings. The maximum Gasteiger partial charge on any atom is 0.216 e. The second-order valence-corrected chi connectivity index (χ2v) is 7.18. The third kappa shape index (κ3) is 4.47. The van der Waals surface area contributed by atoms with Crippen molar-refractivity contribution in [2.24, 2.45) is 0 Å². The summed E-state index contributed by atoms with van der Waals surface area (Å²) in [6.45, 7) is 2.04. The second kappa shape index (κ2) is 7.13. The Morgan fingerprint density at radius 2 is 1.86 bits per heavy atom. The zero-order chi connectivity index (χ0) is 16.2. The molecule has 0 atom stereocenters. The van der Waals surface area contributed by atoms with Gasteiger partial charge in [-0.3, -0.25) is 0 Å². The third-order valence-electron chi connectivity index (χ3n) is 3.35. The van der Waals surface area contributed by atoms with E-state index < -0.39 is 10.0 Å². The molecular weight excluding hydrogens is 322 g/mol. The minimum Gasteiger partial charge on any atom is -0.497 e. The molecule has 0 heterocycles. The van der Waals surface area contributed by atoms with E-state index in [0.717, 1.165) is 11.1 Å². The summed E-state index contributed by atoms with van der Waals surface area (Å²) in [6, 6.07) is 12.6. The van der Waals surface area contributed by atoms with E-state index >= 15 is 0 Å². The highest BCUT2D eigenvalue weighted by Gasteiger charge is 2.13. The lowest BCUT2D eigenvalue weighted by molar-refractivity contribution is 0.414. The number of sulfonamides is 1. The number of methoxy groups -OCH3 is 1. The standard InChI is InChI=1S/C16H18ClNO3S/c1-12-5-3-4-6-14(12)11-22(19,20)18-10-13-7-8-15(21-2)9-16(13)17/h3-9,18H,10-11H2,1-2H3. The zero-order valence-corrected chi connectivity index (χ0v) is 14.0. The molecule has 0 amide bonds. The van der Waals surface area contributed by atoms with Crippen molar-refractivity contribution in [2.45, 2.75) is 19.2 Å². The number of halogens is 1. The van der Waals surface area contributed by atoms with Gasteiger partial charge in [-0.25, -0.2) is 13.1 Å². The monoisotopic (exact) mass is 339 g/mol. The number of benzene rings is 2. The molecule has 0 aliphatic carbocycles. The van der Waals surface area contributed by atoms with Crippen LogP contribution >= 0.6 is 11.6 Å². The van der Waals surface area contributed by atoms with Gasteiger partial charge < -0.3 is 4.74 Å². The molecular formula is C16H18ClNO3S. The van der Waals surface area contributed by atoms with Gasteiger partial charge in [-0.1, -0.05) is 41.9 Å². The molecule has 0 saturated carbocycles. The highest BCUT2D eigenvalue weighted by molar-refractivity contribution is 7.88. The summed E-state index contributed by atoms with van der Waals surface area (Å²) in [7, 11) is -1.88. The van der Waals surface area contributed by atoms with E-state index in [4.69, 9.17) is 16.3 Å². The van der Waals surface area contributed by atoms with Gasteiger partial charge in [0.05, 0.1) is 12.9 Å². The number of nitrogens with one attached hydrogen (secondary N) is 1. The van der Waals surface area contributed by atoms with E-state index in [1.165, 1.54) is 0 Å². The SMILES string of the molecule is COc1ccc(CNS(=O)(=O)Cc2ccccc2C)c(Cl)c1. The van der Waals surface area contributed by atoms with Gasteiger partial charge in [-0.2, -0.15) is 0 Å². The zero-order valence-electron chi connectivity index (χ0n) is 12.5. The largest absolute Gasteiger partial charge is 0.497 e. The van der Waals surface area contributed by atoms with Crippen LogP contribution in [0.25, 0.3) is 0 Å². The first-order valence-corrected chi connectivity index (χ1v) is 8.78. The smallest absolute Gasteiger partial charge is 0.216 e. The van der Waals surface area contributed by atoms with Crippen LogP contribution in [0.4, 0.5) is 0 Å². The number of hydrogen-bond acceptors (Lipinski definition) is 3. The van der Waals surface area contributed by atoms with Crippen LogP contribution in [-0.2, 0) is 22.3 Å². The Bertz CT molecular complexity index is 760. The maximum absolute atomic E-state index is 12.2. The predicted octanol–water partition coefficient (Wildman–Crippen LogP) is 3.28. The van der Waals surface area contributed by atoms with Crippen molar-refractivity contribution in [1.29, 1.82) is 0 Å². The number of aryl methyl sites for hydroxylation is 1. The summed E-state index contributed by atoms with van der Waals surface area (Å²) in [4.78, 5) is 0. The summed E-state index contributed by atoms with van der Waals surface area (Å²) >= 11 is 6.11. The Balaban J connectivity index is 2.05. The van der Waals surface area contributed by atoms with Gasteiger partial charge in [0.2, 0.25) is 10.0 Å². The van der Waals surface area contributed by atoms with E-state index in [1.54, 1.807) is 25.3 Å². The summed E-state index contributed by atoms with van der Waals surface area (Å²) in [5.41, 5.74) is 2.45. The summed E-state index contributed by atoms with van der Waals surface area (Å²) in [6.07, 6.45) is 0. The Morgan fingerprint density at radius 3 is 2.50 bits per heavy atom. The van der Waals surface area contributed by atoms with Crippen LogP contribution in [0, 0.1) is 6.92 Å². The van der Waals surface area contributed by atoms with Crippen molar-refractivity contribution < 1.29 is 13.2 Å². The molecule has 0 aromatic heterocycles. The highest BCUT2D eigenvalue weighted by Crippen LogP contribution is 2.22. The van der Waals surface area contributed by atoms with Crippen molar-refractivity contribution in [3.63, 3.8) is 0 Å². The van der Waals surface area contributed by atoms with Crippen LogP contribution in [0.3, 0.4) is 0 Å². The van der Waals surface area contributed by atoms with Crippen molar-refractivity contribution in [3.05, 3.63) is 64.2 Å². The van der Waals surface area contributed by atoms with Crippen LogP contribution in [0.15, 0.2) is 42.5 Å². The first-order chi connectivity index (χ1) is 10.4. The van der Waals surface area contributed by atoms with Gasteiger partial charge in [0.1, 0.15) is 5.75 Å². The fourth-order valence-corrected chi connectivity index (χ4v) is 3.46. The first-order valence-electron chi connectivity index (χ1n) is 6.75. The average molecular weight is 340 g/mol. The molecule has 0 unspecified atom stereocenters. The Hall–Kier alpha value is -1.56.